The van der Waals surface area contributed by atoms with Gasteiger partial charge in [-0.05, 0) is 44.7 Å². The lowest BCUT2D eigenvalue weighted by Gasteiger charge is -2.29. The van der Waals surface area contributed by atoms with Crippen LogP contribution in [0.15, 0.2) is 12.1 Å². The van der Waals surface area contributed by atoms with Gasteiger partial charge < -0.3 is 4.90 Å². The van der Waals surface area contributed by atoms with Gasteiger partial charge in [0.1, 0.15) is 11.2 Å². The van der Waals surface area contributed by atoms with Crippen molar-refractivity contribution in [1.29, 1.82) is 0 Å². The number of nitro groups is 1. The molecule has 1 fully saturated rings. The highest BCUT2D eigenvalue weighted by atomic mass is 16.6. The van der Waals surface area contributed by atoms with Gasteiger partial charge in [0.05, 0.1) is 4.92 Å². The van der Waals surface area contributed by atoms with Crippen molar-refractivity contribution in [2.75, 3.05) is 18.0 Å². The first kappa shape index (κ1) is 13.9. The standard InChI is InChI=1S/C15H20N4O2/c1-3-13-15(19(20)21)14-10-12(9-11(2)18(14)16-13)17-7-5-4-6-8-17/h9-10H,3-8H2,1-2H3. The fraction of sp³-hybridized carbons (Fsp3) is 0.533. The minimum atomic E-state index is -0.305. The third-order valence-corrected chi connectivity index (χ3v) is 4.18. The summed E-state index contributed by atoms with van der Waals surface area (Å²) in [5, 5.41) is 15.8. The molecule has 3 rings (SSSR count). The zero-order valence-electron chi connectivity index (χ0n) is 12.5. The van der Waals surface area contributed by atoms with Crippen LogP contribution in [0.1, 0.15) is 37.6 Å². The SMILES string of the molecule is CCc1nn2c(C)cc(N3CCCCC3)cc2c1[N+](=O)[O-]. The Morgan fingerprint density at radius 1 is 1.29 bits per heavy atom. The Balaban J connectivity index is 2.16. The molecule has 0 bridgehead atoms. The van der Waals surface area contributed by atoms with Crippen LogP contribution >= 0.6 is 0 Å². The van der Waals surface area contributed by atoms with Crippen LogP contribution in [0.5, 0.6) is 0 Å². The van der Waals surface area contributed by atoms with Gasteiger partial charge in [-0.1, -0.05) is 6.92 Å². The molecule has 0 N–H and O–H groups in total. The number of fused-ring (bicyclic) bond motifs is 1. The topological polar surface area (TPSA) is 63.7 Å². The van der Waals surface area contributed by atoms with E-state index < -0.39 is 0 Å². The van der Waals surface area contributed by atoms with Gasteiger partial charge in [0.15, 0.2) is 0 Å². The van der Waals surface area contributed by atoms with Crippen LogP contribution in [0.25, 0.3) is 5.52 Å². The second kappa shape index (κ2) is 5.35. The lowest BCUT2D eigenvalue weighted by molar-refractivity contribution is -0.383. The van der Waals surface area contributed by atoms with Crippen molar-refractivity contribution < 1.29 is 4.92 Å². The monoisotopic (exact) mass is 288 g/mol. The molecule has 0 spiro atoms. The molecule has 0 radical (unpaired) electrons. The predicted molar refractivity (Wildman–Crippen MR) is 82.0 cm³/mol. The molecule has 6 heteroatoms. The summed E-state index contributed by atoms with van der Waals surface area (Å²) in [7, 11) is 0. The van der Waals surface area contributed by atoms with Gasteiger partial charge in [-0.3, -0.25) is 10.1 Å². The maximum absolute atomic E-state index is 11.4. The summed E-state index contributed by atoms with van der Waals surface area (Å²) in [5.41, 5.74) is 3.33. The smallest absolute Gasteiger partial charge is 0.317 e. The summed E-state index contributed by atoms with van der Waals surface area (Å²) in [5.74, 6) is 0. The average molecular weight is 288 g/mol. The van der Waals surface area contributed by atoms with Gasteiger partial charge in [0, 0.05) is 24.5 Å². The molecule has 0 aliphatic carbocycles. The van der Waals surface area contributed by atoms with Gasteiger partial charge in [-0.15, -0.1) is 0 Å². The number of nitrogens with zero attached hydrogens (tertiary/aromatic N) is 4. The number of rotatable bonds is 3. The van der Waals surface area contributed by atoms with Crippen LogP contribution in [0, 0.1) is 17.0 Å². The average Bonchev–Trinajstić information content (AvgIpc) is 2.87. The second-order valence-corrected chi connectivity index (χ2v) is 5.61. The third kappa shape index (κ3) is 2.34. The van der Waals surface area contributed by atoms with E-state index in [0.717, 1.165) is 24.5 Å². The van der Waals surface area contributed by atoms with Crippen molar-refractivity contribution in [3.63, 3.8) is 0 Å². The first-order chi connectivity index (χ1) is 10.1. The molecule has 0 amide bonds. The number of pyridine rings is 1. The summed E-state index contributed by atoms with van der Waals surface area (Å²) in [6.45, 7) is 5.91. The van der Waals surface area contributed by atoms with Gasteiger partial charge >= 0.3 is 5.69 Å². The predicted octanol–water partition coefficient (Wildman–Crippen LogP) is 3.10. The molecule has 112 valence electrons. The van der Waals surface area contributed by atoms with Crippen molar-refractivity contribution >= 4 is 16.9 Å². The Hall–Kier alpha value is -2.11. The zero-order chi connectivity index (χ0) is 15.0. The largest absolute Gasteiger partial charge is 0.371 e. The molecule has 0 aromatic carbocycles. The van der Waals surface area contributed by atoms with Gasteiger partial charge in [-0.25, -0.2) is 4.52 Å². The van der Waals surface area contributed by atoms with Crippen molar-refractivity contribution in [3.8, 4) is 0 Å². The van der Waals surface area contributed by atoms with E-state index in [1.807, 2.05) is 19.9 Å². The van der Waals surface area contributed by atoms with Gasteiger partial charge in [0.25, 0.3) is 0 Å². The van der Waals surface area contributed by atoms with Crippen LogP contribution in [-0.4, -0.2) is 27.6 Å². The summed E-state index contributed by atoms with van der Waals surface area (Å²) in [6, 6.07) is 4.00. The maximum Gasteiger partial charge on any atom is 0.317 e. The van der Waals surface area contributed by atoms with Crippen molar-refractivity contribution in [2.45, 2.75) is 39.5 Å². The first-order valence-corrected chi connectivity index (χ1v) is 7.53. The number of anilines is 1. The zero-order valence-corrected chi connectivity index (χ0v) is 12.5. The molecule has 6 nitrogen and oxygen atoms in total. The maximum atomic E-state index is 11.4. The van der Waals surface area contributed by atoms with E-state index in [-0.39, 0.29) is 10.6 Å². The normalized spacial score (nSPS) is 15.6. The van der Waals surface area contributed by atoms with Crippen LogP contribution in [0.4, 0.5) is 11.4 Å². The summed E-state index contributed by atoms with van der Waals surface area (Å²) < 4.78 is 1.70. The molecule has 1 aliphatic heterocycles. The molecule has 0 atom stereocenters. The molecule has 1 saturated heterocycles. The highest BCUT2D eigenvalue weighted by Crippen LogP contribution is 2.30. The minimum Gasteiger partial charge on any atom is -0.371 e. The molecule has 0 saturated carbocycles. The molecule has 2 aromatic rings. The molecular weight excluding hydrogens is 268 g/mol. The summed E-state index contributed by atoms with van der Waals surface area (Å²) >= 11 is 0. The second-order valence-electron chi connectivity index (χ2n) is 5.61. The third-order valence-electron chi connectivity index (χ3n) is 4.18. The molecule has 0 unspecified atom stereocenters. The Bertz CT molecular complexity index is 687. The number of aryl methyl sites for hydroxylation is 2. The van der Waals surface area contributed by atoms with E-state index in [9.17, 15) is 10.1 Å². The molecule has 21 heavy (non-hydrogen) atoms. The van der Waals surface area contributed by atoms with Crippen LogP contribution in [-0.2, 0) is 6.42 Å². The molecule has 1 aliphatic rings. The fourth-order valence-electron chi connectivity index (χ4n) is 3.10. The number of aromatic nitrogens is 2. The van der Waals surface area contributed by atoms with E-state index in [4.69, 9.17) is 0 Å². The van der Waals surface area contributed by atoms with E-state index in [1.54, 1.807) is 4.52 Å². The van der Waals surface area contributed by atoms with E-state index in [0.29, 0.717) is 17.6 Å². The highest BCUT2D eigenvalue weighted by Gasteiger charge is 2.24. The van der Waals surface area contributed by atoms with Gasteiger partial charge in [-0.2, -0.15) is 5.10 Å². The summed E-state index contributed by atoms with van der Waals surface area (Å²) in [6.07, 6.45) is 4.21. The van der Waals surface area contributed by atoms with Crippen LogP contribution in [0.3, 0.4) is 0 Å². The number of hydrogen-bond donors (Lipinski definition) is 0. The van der Waals surface area contributed by atoms with Crippen molar-refractivity contribution in [3.05, 3.63) is 33.6 Å². The lowest BCUT2D eigenvalue weighted by atomic mass is 10.1. The number of piperidine rings is 1. The fourth-order valence-corrected chi connectivity index (χ4v) is 3.10. The Morgan fingerprint density at radius 2 is 2.00 bits per heavy atom. The highest BCUT2D eigenvalue weighted by molar-refractivity contribution is 5.73. The Labute approximate surface area is 123 Å². The van der Waals surface area contributed by atoms with Crippen molar-refractivity contribution in [1.82, 2.24) is 9.61 Å². The Kier molecular flexibility index (Phi) is 3.53. The van der Waals surface area contributed by atoms with Crippen LogP contribution < -0.4 is 4.90 Å². The van der Waals surface area contributed by atoms with Crippen molar-refractivity contribution in [2.24, 2.45) is 0 Å². The first-order valence-electron chi connectivity index (χ1n) is 7.53. The van der Waals surface area contributed by atoms with Gasteiger partial charge in [0.2, 0.25) is 0 Å². The number of hydrogen-bond acceptors (Lipinski definition) is 4. The molecular formula is C15H20N4O2. The quantitative estimate of drug-likeness (QED) is 0.643. The minimum absolute atomic E-state index is 0.152. The Morgan fingerprint density at radius 3 is 2.62 bits per heavy atom. The van der Waals surface area contributed by atoms with Crippen LogP contribution in [0.2, 0.25) is 0 Å². The molecule has 3 heterocycles. The van der Waals surface area contributed by atoms with E-state index >= 15 is 0 Å². The lowest BCUT2D eigenvalue weighted by Crippen LogP contribution is -2.29. The van der Waals surface area contributed by atoms with E-state index in [1.165, 1.54) is 19.3 Å². The molecule has 2 aromatic heterocycles. The summed E-state index contributed by atoms with van der Waals surface area (Å²) in [4.78, 5) is 13.4. The van der Waals surface area contributed by atoms with E-state index in [2.05, 4.69) is 16.1 Å².